The molecule has 2 aromatic rings. The van der Waals surface area contributed by atoms with Crippen LogP contribution in [0.5, 0.6) is 0 Å². The van der Waals surface area contributed by atoms with Gasteiger partial charge in [-0.15, -0.1) is 0 Å². The van der Waals surface area contributed by atoms with E-state index in [0.29, 0.717) is 11.5 Å². The molecule has 0 unspecified atom stereocenters. The van der Waals surface area contributed by atoms with Crippen molar-refractivity contribution in [3.63, 3.8) is 0 Å². The maximum Gasteiger partial charge on any atom is 0.178 e. The van der Waals surface area contributed by atoms with Crippen molar-refractivity contribution in [3.8, 4) is 0 Å². The Morgan fingerprint density at radius 2 is 1.33 bits per heavy atom. The van der Waals surface area contributed by atoms with Crippen LogP contribution in [-0.4, -0.2) is 5.78 Å². The predicted octanol–water partition coefficient (Wildman–Crippen LogP) is 3.79. The molecule has 0 bridgehead atoms. The zero-order valence-electron chi connectivity index (χ0n) is 10.3. The van der Waals surface area contributed by atoms with Gasteiger partial charge < -0.3 is 8.83 Å². The number of ketones is 1. The van der Waals surface area contributed by atoms with Gasteiger partial charge in [0, 0.05) is 0 Å². The molecular formula is C15H14O3. The van der Waals surface area contributed by atoms with Gasteiger partial charge in [-0.3, -0.25) is 4.79 Å². The van der Waals surface area contributed by atoms with Crippen LogP contribution in [-0.2, 0) is 4.79 Å². The standard InChI is InChI=1S/C15H14O3/c1-11-3-7-14(17-11)9-5-13(16)6-10-15-8-4-12(2)18-15/h3-10H,1-2H3/b9-5+,10-6+. The number of aryl methyl sites for hydroxylation is 2. The van der Waals surface area contributed by atoms with E-state index in [1.54, 1.807) is 12.2 Å². The maximum absolute atomic E-state index is 11.5. The fourth-order valence-corrected chi connectivity index (χ4v) is 1.47. The molecule has 92 valence electrons. The van der Waals surface area contributed by atoms with Crippen LogP contribution in [0, 0.1) is 13.8 Å². The number of rotatable bonds is 4. The number of allylic oxidation sites excluding steroid dienone is 2. The van der Waals surface area contributed by atoms with Crippen molar-refractivity contribution in [1.82, 2.24) is 0 Å². The summed E-state index contributed by atoms with van der Waals surface area (Å²) in [7, 11) is 0. The fraction of sp³-hybridized carbons (Fsp3) is 0.133. The predicted molar refractivity (Wildman–Crippen MR) is 70.0 cm³/mol. The zero-order valence-corrected chi connectivity index (χ0v) is 10.3. The van der Waals surface area contributed by atoms with Gasteiger partial charge in [-0.05, 0) is 62.4 Å². The van der Waals surface area contributed by atoms with Crippen molar-refractivity contribution < 1.29 is 13.6 Å². The Morgan fingerprint density at radius 3 is 1.67 bits per heavy atom. The summed E-state index contributed by atoms with van der Waals surface area (Å²) in [6.45, 7) is 3.72. The SMILES string of the molecule is Cc1ccc(/C=C/C(=O)/C=C/c2ccc(C)o2)o1. The van der Waals surface area contributed by atoms with Gasteiger partial charge in [0.2, 0.25) is 0 Å². The van der Waals surface area contributed by atoms with Gasteiger partial charge >= 0.3 is 0 Å². The Kier molecular flexibility index (Phi) is 3.63. The molecule has 2 rings (SSSR count). The van der Waals surface area contributed by atoms with E-state index in [9.17, 15) is 4.79 Å². The van der Waals surface area contributed by atoms with Gasteiger partial charge in [0.25, 0.3) is 0 Å². The molecule has 2 aromatic heterocycles. The van der Waals surface area contributed by atoms with Crippen molar-refractivity contribution in [1.29, 1.82) is 0 Å². The summed E-state index contributed by atoms with van der Waals surface area (Å²) in [6.07, 6.45) is 6.22. The Morgan fingerprint density at radius 1 is 0.889 bits per heavy atom. The molecule has 0 spiro atoms. The van der Waals surface area contributed by atoms with Gasteiger partial charge in [-0.25, -0.2) is 0 Å². The summed E-state index contributed by atoms with van der Waals surface area (Å²) in [5.41, 5.74) is 0. The Bertz CT molecular complexity index is 545. The number of carbonyl (C=O) groups is 1. The van der Waals surface area contributed by atoms with Crippen molar-refractivity contribution in [2.24, 2.45) is 0 Å². The van der Waals surface area contributed by atoms with Crippen LogP contribution >= 0.6 is 0 Å². The number of hydrogen-bond donors (Lipinski definition) is 0. The van der Waals surface area contributed by atoms with Gasteiger partial charge in [0.15, 0.2) is 5.78 Å². The fourth-order valence-electron chi connectivity index (χ4n) is 1.47. The van der Waals surface area contributed by atoms with Crippen LogP contribution in [0.25, 0.3) is 12.2 Å². The summed E-state index contributed by atoms with van der Waals surface area (Å²) in [6, 6.07) is 7.34. The molecule has 0 atom stereocenters. The molecule has 0 saturated heterocycles. The van der Waals surface area contributed by atoms with Crippen molar-refractivity contribution in [2.75, 3.05) is 0 Å². The molecule has 0 radical (unpaired) electrons. The van der Waals surface area contributed by atoms with Crippen molar-refractivity contribution in [3.05, 3.63) is 59.5 Å². The first-order valence-electron chi connectivity index (χ1n) is 5.66. The summed E-state index contributed by atoms with van der Waals surface area (Å²) in [4.78, 5) is 11.5. The first-order valence-corrected chi connectivity index (χ1v) is 5.66. The molecule has 0 aliphatic carbocycles. The summed E-state index contributed by atoms with van der Waals surface area (Å²) in [5, 5.41) is 0. The van der Waals surface area contributed by atoms with Gasteiger partial charge in [-0.2, -0.15) is 0 Å². The normalized spacial score (nSPS) is 11.7. The van der Waals surface area contributed by atoms with Crippen LogP contribution in [0.1, 0.15) is 23.0 Å². The summed E-state index contributed by atoms with van der Waals surface area (Å²) >= 11 is 0. The van der Waals surface area contributed by atoms with Crippen molar-refractivity contribution in [2.45, 2.75) is 13.8 Å². The lowest BCUT2D eigenvalue weighted by atomic mass is 10.3. The zero-order chi connectivity index (χ0) is 13.0. The van der Waals surface area contributed by atoms with Crippen LogP contribution < -0.4 is 0 Å². The van der Waals surface area contributed by atoms with Gasteiger partial charge in [-0.1, -0.05) is 0 Å². The second-order valence-corrected chi connectivity index (χ2v) is 3.97. The smallest absolute Gasteiger partial charge is 0.178 e. The quantitative estimate of drug-likeness (QED) is 0.766. The Balaban J connectivity index is 1.96. The Labute approximate surface area is 105 Å². The molecule has 0 N–H and O–H groups in total. The van der Waals surface area contributed by atoms with E-state index in [1.165, 1.54) is 12.2 Å². The largest absolute Gasteiger partial charge is 0.462 e. The maximum atomic E-state index is 11.5. The van der Waals surface area contributed by atoms with Crippen LogP contribution in [0.2, 0.25) is 0 Å². The molecule has 0 amide bonds. The van der Waals surface area contributed by atoms with E-state index in [0.717, 1.165) is 11.5 Å². The molecule has 2 heterocycles. The van der Waals surface area contributed by atoms with Crippen LogP contribution in [0.3, 0.4) is 0 Å². The van der Waals surface area contributed by atoms with Crippen molar-refractivity contribution >= 4 is 17.9 Å². The second kappa shape index (κ2) is 5.36. The minimum Gasteiger partial charge on any atom is -0.462 e. The van der Waals surface area contributed by atoms with E-state index < -0.39 is 0 Å². The van der Waals surface area contributed by atoms with E-state index in [4.69, 9.17) is 8.83 Å². The summed E-state index contributed by atoms with van der Waals surface area (Å²) < 4.78 is 10.6. The summed E-state index contributed by atoms with van der Waals surface area (Å²) in [5.74, 6) is 2.87. The minimum atomic E-state index is -0.113. The number of carbonyl (C=O) groups excluding carboxylic acids is 1. The molecule has 0 saturated carbocycles. The Hall–Kier alpha value is -2.29. The van der Waals surface area contributed by atoms with E-state index >= 15 is 0 Å². The van der Waals surface area contributed by atoms with Crippen LogP contribution in [0.4, 0.5) is 0 Å². The third kappa shape index (κ3) is 3.35. The third-order valence-corrected chi connectivity index (χ3v) is 2.35. The molecule has 0 aliphatic rings. The highest BCUT2D eigenvalue weighted by molar-refractivity contribution is 6.04. The lowest BCUT2D eigenvalue weighted by molar-refractivity contribution is -0.110. The molecule has 0 aliphatic heterocycles. The third-order valence-electron chi connectivity index (χ3n) is 2.35. The van der Waals surface area contributed by atoms with Gasteiger partial charge in [0.1, 0.15) is 23.0 Å². The molecular weight excluding hydrogens is 228 g/mol. The van der Waals surface area contributed by atoms with Gasteiger partial charge in [0.05, 0.1) is 0 Å². The van der Waals surface area contributed by atoms with E-state index in [1.807, 2.05) is 38.1 Å². The highest BCUT2D eigenvalue weighted by Gasteiger charge is 1.96. The average molecular weight is 242 g/mol. The molecule has 0 fully saturated rings. The lowest BCUT2D eigenvalue weighted by Gasteiger charge is -1.86. The highest BCUT2D eigenvalue weighted by atomic mass is 16.3. The molecule has 3 nitrogen and oxygen atoms in total. The molecule has 0 aromatic carbocycles. The minimum absolute atomic E-state index is 0.113. The number of hydrogen-bond acceptors (Lipinski definition) is 3. The van der Waals surface area contributed by atoms with Crippen LogP contribution in [0.15, 0.2) is 45.3 Å². The highest BCUT2D eigenvalue weighted by Crippen LogP contribution is 2.09. The van der Waals surface area contributed by atoms with E-state index in [-0.39, 0.29) is 5.78 Å². The lowest BCUT2D eigenvalue weighted by Crippen LogP contribution is -1.83. The topological polar surface area (TPSA) is 43.4 Å². The molecule has 18 heavy (non-hydrogen) atoms. The average Bonchev–Trinajstić information content (AvgIpc) is 2.93. The second-order valence-electron chi connectivity index (χ2n) is 3.97. The number of furan rings is 2. The molecule has 3 heteroatoms. The monoisotopic (exact) mass is 242 g/mol. The first-order chi connectivity index (χ1) is 8.63. The first kappa shape index (κ1) is 12.2. The van der Waals surface area contributed by atoms with E-state index in [2.05, 4.69) is 0 Å².